The fourth-order valence-electron chi connectivity index (χ4n) is 7.33. The van der Waals surface area contributed by atoms with Crippen LogP contribution in [-0.2, 0) is 16.7 Å². The van der Waals surface area contributed by atoms with Crippen molar-refractivity contribution >= 4 is 10.8 Å². The Morgan fingerprint density at radius 3 is 2.29 bits per heavy atom. The molecule has 0 atom stereocenters. The van der Waals surface area contributed by atoms with Gasteiger partial charge in [-0.25, -0.2) is 0 Å². The minimum absolute atomic E-state index is 0.432. The van der Waals surface area contributed by atoms with Crippen LogP contribution in [0, 0.1) is 17.8 Å². The molecule has 1 saturated heterocycles. The lowest BCUT2D eigenvalue weighted by molar-refractivity contribution is -0.00513. The largest absolute Gasteiger partial charge is 0.508 e. The summed E-state index contributed by atoms with van der Waals surface area (Å²) in [6.07, 6.45) is 8.69. The molecule has 2 aromatic rings. The van der Waals surface area contributed by atoms with Gasteiger partial charge in [-0.05, 0) is 84.1 Å². The third-order valence-corrected chi connectivity index (χ3v) is 8.24. The molecule has 0 aromatic heterocycles. The van der Waals surface area contributed by atoms with Gasteiger partial charge in [0.25, 0.3) is 0 Å². The SMILES string of the molecule is Oc1ccc2cc(C34CC5CC(CC(C5)C3)C4)ccc2c1CN1CCOCC1. The monoisotopic (exact) mass is 377 g/mol. The quantitative estimate of drug-likeness (QED) is 0.830. The Balaban J connectivity index is 1.37. The van der Waals surface area contributed by atoms with Crippen molar-refractivity contribution in [1.29, 1.82) is 0 Å². The van der Waals surface area contributed by atoms with Crippen molar-refractivity contribution in [1.82, 2.24) is 4.90 Å². The summed E-state index contributed by atoms with van der Waals surface area (Å²) in [5.74, 6) is 3.34. The van der Waals surface area contributed by atoms with Crippen LogP contribution in [-0.4, -0.2) is 36.3 Å². The molecule has 0 spiro atoms. The number of aromatic hydroxyl groups is 1. The summed E-state index contributed by atoms with van der Waals surface area (Å²) in [5, 5.41) is 13.1. The molecular formula is C25H31NO2. The molecule has 5 aliphatic rings. The van der Waals surface area contributed by atoms with Crippen molar-refractivity contribution in [2.24, 2.45) is 17.8 Å². The first kappa shape index (κ1) is 17.3. The Hall–Kier alpha value is -1.58. The standard InChI is InChI=1S/C25H31NO2/c27-24-4-1-20-12-21(25-13-17-9-18(14-25)11-19(10-17)15-25)2-3-22(20)23(24)16-26-5-7-28-8-6-26/h1-4,12,17-19,27H,5-11,13-16H2. The molecule has 2 aromatic carbocycles. The van der Waals surface area contributed by atoms with E-state index < -0.39 is 0 Å². The molecule has 3 heteroatoms. The lowest BCUT2D eigenvalue weighted by Crippen LogP contribution is -2.48. The molecule has 4 saturated carbocycles. The van der Waals surface area contributed by atoms with Crippen LogP contribution in [0.1, 0.15) is 49.7 Å². The third-order valence-electron chi connectivity index (χ3n) is 8.24. The van der Waals surface area contributed by atoms with E-state index >= 15 is 0 Å². The first-order valence-corrected chi connectivity index (χ1v) is 11.2. The Labute approximate surface area is 167 Å². The van der Waals surface area contributed by atoms with Gasteiger partial charge < -0.3 is 9.84 Å². The highest BCUT2D eigenvalue weighted by Gasteiger charge is 2.51. The fourth-order valence-corrected chi connectivity index (χ4v) is 7.33. The number of hydrogen-bond donors (Lipinski definition) is 1. The summed E-state index contributed by atoms with van der Waals surface area (Å²) in [6, 6.07) is 11.2. The van der Waals surface area contributed by atoms with Gasteiger partial charge in [-0.1, -0.05) is 24.3 Å². The first-order valence-electron chi connectivity index (χ1n) is 11.2. The minimum Gasteiger partial charge on any atom is -0.508 e. The maximum atomic E-state index is 10.6. The van der Waals surface area contributed by atoms with Gasteiger partial charge in [0.2, 0.25) is 0 Å². The van der Waals surface area contributed by atoms with Crippen molar-refractivity contribution in [2.45, 2.75) is 50.5 Å². The molecule has 4 bridgehead atoms. The maximum absolute atomic E-state index is 10.6. The van der Waals surface area contributed by atoms with Crippen LogP contribution in [0.4, 0.5) is 0 Å². The first-order chi connectivity index (χ1) is 13.7. The van der Waals surface area contributed by atoms with Crippen LogP contribution in [0.3, 0.4) is 0 Å². The smallest absolute Gasteiger partial charge is 0.120 e. The second-order valence-corrected chi connectivity index (χ2v) is 10.1. The zero-order valence-corrected chi connectivity index (χ0v) is 16.7. The van der Waals surface area contributed by atoms with Crippen LogP contribution in [0.5, 0.6) is 5.75 Å². The van der Waals surface area contributed by atoms with E-state index in [-0.39, 0.29) is 0 Å². The molecule has 1 heterocycles. The van der Waals surface area contributed by atoms with E-state index in [1.165, 1.54) is 49.3 Å². The number of morpholine rings is 1. The summed E-state index contributed by atoms with van der Waals surface area (Å²) in [5.41, 5.74) is 3.09. The van der Waals surface area contributed by atoms with E-state index in [9.17, 15) is 5.11 Å². The van der Waals surface area contributed by atoms with Gasteiger partial charge in [0.1, 0.15) is 5.75 Å². The van der Waals surface area contributed by atoms with Gasteiger partial charge in [-0.15, -0.1) is 0 Å². The molecule has 5 fully saturated rings. The molecule has 1 N–H and O–H groups in total. The average molecular weight is 378 g/mol. The molecular weight excluding hydrogens is 346 g/mol. The Kier molecular flexibility index (Phi) is 3.99. The van der Waals surface area contributed by atoms with Gasteiger partial charge in [0.15, 0.2) is 0 Å². The highest BCUT2D eigenvalue weighted by atomic mass is 16.5. The molecule has 0 radical (unpaired) electrons. The second-order valence-electron chi connectivity index (χ2n) is 10.1. The van der Waals surface area contributed by atoms with Crippen molar-refractivity contribution in [3.8, 4) is 5.75 Å². The van der Waals surface area contributed by atoms with Crippen molar-refractivity contribution < 1.29 is 9.84 Å². The highest BCUT2D eigenvalue weighted by Crippen LogP contribution is 2.60. The zero-order chi connectivity index (χ0) is 18.7. The lowest BCUT2D eigenvalue weighted by Gasteiger charge is -2.57. The van der Waals surface area contributed by atoms with Crippen LogP contribution < -0.4 is 0 Å². The molecule has 0 unspecified atom stereocenters. The predicted molar refractivity (Wildman–Crippen MR) is 112 cm³/mol. The highest BCUT2D eigenvalue weighted by molar-refractivity contribution is 5.88. The molecule has 7 rings (SSSR count). The van der Waals surface area contributed by atoms with Crippen molar-refractivity contribution in [3.05, 3.63) is 41.5 Å². The number of hydrogen-bond acceptors (Lipinski definition) is 3. The summed E-state index contributed by atoms with van der Waals surface area (Å²) in [4.78, 5) is 2.39. The van der Waals surface area contributed by atoms with Crippen LogP contribution in [0.2, 0.25) is 0 Å². The summed E-state index contributed by atoms with van der Waals surface area (Å²) >= 11 is 0. The molecule has 148 valence electrons. The Morgan fingerprint density at radius 2 is 1.61 bits per heavy atom. The number of benzene rings is 2. The van der Waals surface area contributed by atoms with E-state index in [4.69, 9.17) is 4.74 Å². The Bertz CT molecular complexity index is 864. The number of phenolic OH excluding ortho intramolecular Hbond substituents is 1. The Morgan fingerprint density at radius 1 is 0.929 bits per heavy atom. The zero-order valence-electron chi connectivity index (χ0n) is 16.7. The van der Waals surface area contributed by atoms with Crippen LogP contribution in [0.25, 0.3) is 10.8 Å². The average Bonchev–Trinajstić information content (AvgIpc) is 2.70. The van der Waals surface area contributed by atoms with Crippen molar-refractivity contribution in [2.75, 3.05) is 26.3 Å². The summed E-state index contributed by atoms with van der Waals surface area (Å²) < 4.78 is 5.48. The summed E-state index contributed by atoms with van der Waals surface area (Å²) in [6.45, 7) is 4.29. The minimum atomic E-state index is 0.432. The topological polar surface area (TPSA) is 32.7 Å². The van der Waals surface area contributed by atoms with E-state index in [1.807, 2.05) is 6.07 Å². The van der Waals surface area contributed by atoms with Gasteiger partial charge in [-0.2, -0.15) is 0 Å². The number of rotatable bonds is 3. The van der Waals surface area contributed by atoms with E-state index in [0.717, 1.165) is 56.2 Å². The van der Waals surface area contributed by atoms with Gasteiger partial charge in [0.05, 0.1) is 13.2 Å². The van der Waals surface area contributed by atoms with Gasteiger partial charge in [0, 0.05) is 25.2 Å². The summed E-state index contributed by atoms with van der Waals surface area (Å²) in [7, 11) is 0. The number of nitrogens with zero attached hydrogens (tertiary/aromatic N) is 1. The molecule has 0 amide bonds. The maximum Gasteiger partial charge on any atom is 0.120 e. The van der Waals surface area contributed by atoms with Crippen molar-refractivity contribution in [3.63, 3.8) is 0 Å². The number of phenols is 1. The predicted octanol–water partition coefficient (Wildman–Crippen LogP) is 4.85. The van der Waals surface area contributed by atoms with Gasteiger partial charge in [-0.3, -0.25) is 4.90 Å². The molecule has 3 nitrogen and oxygen atoms in total. The van der Waals surface area contributed by atoms with Gasteiger partial charge >= 0.3 is 0 Å². The normalized spacial score (nSPS) is 34.9. The number of fused-ring (bicyclic) bond motifs is 1. The van der Waals surface area contributed by atoms with Crippen LogP contribution >= 0.6 is 0 Å². The molecule has 1 aliphatic heterocycles. The fraction of sp³-hybridized carbons (Fsp3) is 0.600. The lowest BCUT2D eigenvalue weighted by atomic mass is 9.48. The second kappa shape index (κ2) is 6.47. The van der Waals surface area contributed by atoms with E-state index in [1.54, 1.807) is 5.56 Å². The van der Waals surface area contributed by atoms with Crippen LogP contribution in [0.15, 0.2) is 30.3 Å². The van der Waals surface area contributed by atoms with E-state index in [2.05, 4.69) is 29.2 Å². The third kappa shape index (κ3) is 2.78. The number of ether oxygens (including phenoxy) is 1. The molecule has 4 aliphatic carbocycles. The van der Waals surface area contributed by atoms with E-state index in [0.29, 0.717) is 11.2 Å². The molecule has 28 heavy (non-hydrogen) atoms.